The summed E-state index contributed by atoms with van der Waals surface area (Å²) in [5.74, 6) is 0.725. The largest absolute Gasteiger partial charge is 0.487 e. The van der Waals surface area contributed by atoms with Gasteiger partial charge in [-0.1, -0.05) is 23.8 Å². The van der Waals surface area contributed by atoms with Crippen molar-refractivity contribution in [2.75, 3.05) is 11.4 Å². The molecule has 1 atom stereocenters. The molecule has 1 heterocycles. The zero-order chi connectivity index (χ0) is 15.7. The Morgan fingerprint density at radius 1 is 1.32 bits per heavy atom. The van der Waals surface area contributed by atoms with Crippen molar-refractivity contribution in [1.82, 2.24) is 0 Å². The van der Waals surface area contributed by atoms with E-state index in [-0.39, 0.29) is 12.0 Å². The highest BCUT2D eigenvalue weighted by molar-refractivity contribution is 6.07. The molecule has 4 heteroatoms. The van der Waals surface area contributed by atoms with E-state index in [9.17, 15) is 4.79 Å². The molecule has 2 N–H and O–H groups in total. The van der Waals surface area contributed by atoms with Crippen molar-refractivity contribution in [3.8, 4) is 5.75 Å². The molecular weight excluding hydrogens is 276 g/mol. The third-order valence-electron chi connectivity index (χ3n) is 3.83. The maximum Gasteiger partial charge on any atom is 0.258 e. The highest BCUT2D eigenvalue weighted by Gasteiger charge is 2.28. The Kier molecular flexibility index (Phi) is 3.86. The van der Waals surface area contributed by atoms with Crippen LogP contribution in [-0.4, -0.2) is 18.6 Å². The van der Waals surface area contributed by atoms with Gasteiger partial charge in [-0.3, -0.25) is 4.79 Å². The summed E-state index contributed by atoms with van der Waals surface area (Å²) >= 11 is 0. The Labute approximate surface area is 130 Å². The van der Waals surface area contributed by atoms with Gasteiger partial charge < -0.3 is 15.4 Å². The maximum absolute atomic E-state index is 12.9. The van der Waals surface area contributed by atoms with Crippen molar-refractivity contribution in [2.24, 2.45) is 5.73 Å². The van der Waals surface area contributed by atoms with Gasteiger partial charge in [-0.25, -0.2) is 0 Å². The van der Waals surface area contributed by atoms with Gasteiger partial charge in [-0.05, 0) is 43.7 Å². The molecule has 2 aromatic carbocycles. The summed E-state index contributed by atoms with van der Waals surface area (Å²) in [4.78, 5) is 14.7. The molecule has 1 aliphatic heterocycles. The first-order valence-corrected chi connectivity index (χ1v) is 7.46. The predicted molar refractivity (Wildman–Crippen MR) is 87.3 cm³/mol. The summed E-state index contributed by atoms with van der Waals surface area (Å²) in [5, 5.41) is 0. The average molecular weight is 296 g/mol. The number of carbonyl (C=O) groups is 1. The van der Waals surface area contributed by atoms with Crippen LogP contribution in [0.25, 0.3) is 0 Å². The molecule has 0 radical (unpaired) electrons. The topological polar surface area (TPSA) is 55.6 Å². The number of nitrogens with zero attached hydrogens (tertiary/aromatic N) is 1. The quantitative estimate of drug-likeness (QED) is 0.927. The Bertz CT molecular complexity index is 712. The summed E-state index contributed by atoms with van der Waals surface area (Å²) in [5.41, 5.74) is 9.26. The molecule has 1 unspecified atom stereocenters. The van der Waals surface area contributed by atoms with Gasteiger partial charge in [0.1, 0.15) is 11.9 Å². The number of rotatable bonds is 2. The summed E-state index contributed by atoms with van der Waals surface area (Å²) in [7, 11) is 0. The van der Waals surface area contributed by atoms with Crippen molar-refractivity contribution in [1.29, 1.82) is 0 Å². The molecule has 114 valence electrons. The molecule has 22 heavy (non-hydrogen) atoms. The zero-order valence-electron chi connectivity index (χ0n) is 12.9. The zero-order valence-corrected chi connectivity index (χ0v) is 12.9. The number of ether oxygens (including phenoxy) is 1. The summed E-state index contributed by atoms with van der Waals surface area (Å²) < 4.78 is 5.86. The van der Waals surface area contributed by atoms with E-state index in [4.69, 9.17) is 10.5 Å². The fraction of sp³-hybridized carbons (Fsp3) is 0.278. The third kappa shape index (κ3) is 2.70. The normalized spacial score (nSPS) is 16.9. The van der Waals surface area contributed by atoms with Crippen molar-refractivity contribution in [2.45, 2.75) is 26.5 Å². The molecule has 1 aliphatic rings. The summed E-state index contributed by atoms with van der Waals surface area (Å²) in [6.07, 6.45) is -0.0470. The predicted octanol–water partition coefficient (Wildman–Crippen LogP) is 2.88. The van der Waals surface area contributed by atoms with Crippen LogP contribution in [0.5, 0.6) is 5.75 Å². The lowest BCUT2D eigenvalue weighted by atomic mass is 10.1. The molecule has 0 aromatic heterocycles. The summed E-state index contributed by atoms with van der Waals surface area (Å²) in [6, 6.07) is 13.4. The van der Waals surface area contributed by atoms with Gasteiger partial charge in [0, 0.05) is 12.1 Å². The van der Waals surface area contributed by atoms with Gasteiger partial charge >= 0.3 is 0 Å². The van der Waals surface area contributed by atoms with Crippen LogP contribution in [0.15, 0.2) is 42.5 Å². The summed E-state index contributed by atoms with van der Waals surface area (Å²) in [6.45, 7) is 4.95. The fourth-order valence-electron chi connectivity index (χ4n) is 2.74. The molecular formula is C18H20N2O2. The molecule has 4 nitrogen and oxygen atoms in total. The third-order valence-corrected chi connectivity index (χ3v) is 3.83. The van der Waals surface area contributed by atoms with Gasteiger partial charge in [0.15, 0.2) is 0 Å². The molecule has 0 spiro atoms. The molecule has 0 fully saturated rings. The lowest BCUT2D eigenvalue weighted by Crippen LogP contribution is -2.42. The van der Waals surface area contributed by atoms with Gasteiger partial charge in [-0.2, -0.15) is 0 Å². The molecule has 0 bridgehead atoms. The number of hydrogen-bond acceptors (Lipinski definition) is 3. The first-order valence-electron chi connectivity index (χ1n) is 7.46. The van der Waals surface area contributed by atoms with Crippen LogP contribution >= 0.6 is 0 Å². The average Bonchev–Trinajstić information content (AvgIpc) is 2.52. The standard InChI is InChI=1S/C18H20N2O2/c1-12-4-3-5-15(8-12)18(21)20-11-13(2)22-17-9-14(10-19)6-7-16(17)20/h3-9,13H,10-11,19H2,1-2H3. The minimum atomic E-state index is -0.0470. The molecule has 0 saturated heterocycles. The van der Waals surface area contributed by atoms with E-state index in [1.54, 1.807) is 4.90 Å². The highest BCUT2D eigenvalue weighted by Crippen LogP contribution is 2.35. The number of amides is 1. The molecule has 3 rings (SSSR count). The first kappa shape index (κ1) is 14.6. The van der Waals surface area contributed by atoms with E-state index in [2.05, 4.69) is 0 Å². The van der Waals surface area contributed by atoms with E-state index in [1.807, 2.05) is 56.3 Å². The Balaban J connectivity index is 2.00. The minimum Gasteiger partial charge on any atom is -0.487 e. The smallest absolute Gasteiger partial charge is 0.258 e. The molecule has 2 aromatic rings. The van der Waals surface area contributed by atoms with Crippen LogP contribution < -0.4 is 15.4 Å². The van der Waals surface area contributed by atoms with Crippen molar-refractivity contribution in [3.63, 3.8) is 0 Å². The number of carbonyl (C=O) groups excluding carboxylic acids is 1. The van der Waals surface area contributed by atoms with Crippen LogP contribution in [0.2, 0.25) is 0 Å². The second-order valence-electron chi connectivity index (χ2n) is 5.72. The molecule has 0 aliphatic carbocycles. The minimum absolute atomic E-state index is 0.000554. The highest BCUT2D eigenvalue weighted by atomic mass is 16.5. The maximum atomic E-state index is 12.9. The SMILES string of the molecule is Cc1cccc(C(=O)N2CC(C)Oc3cc(CN)ccc32)c1. The van der Waals surface area contributed by atoms with Gasteiger partial charge in [0.2, 0.25) is 0 Å². The fourth-order valence-corrected chi connectivity index (χ4v) is 2.74. The van der Waals surface area contributed by atoms with E-state index < -0.39 is 0 Å². The van der Waals surface area contributed by atoms with E-state index in [0.717, 1.165) is 22.6 Å². The Morgan fingerprint density at radius 3 is 2.86 bits per heavy atom. The van der Waals surface area contributed by atoms with Crippen LogP contribution in [0.1, 0.15) is 28.4 Å². The Morgan fingerprint density at radius 2 is 2.14 bits per heavy atom. The number of nitrogens with two attached hydrogens (primary N) is 1. The monoisotopic (exact) mass is 296 g/mol. The second-order valence-corrected chi connectivity index (χ2v) is 5.72. The van der Waals surface area contributed by atoms with Crippen molar-refractivity contribution in [3.05, 3.63) is 59.2 Å². The van der Waals surface area contributed by atoms with Crippen molar-refractivity contribution < 1.29 is 9.53 Å². The van der Waals surface area contributed by atoms with Crippen LogP contribution in [0.3, 0.4) is 0 Å². The first-order chi connectivity index (χ1) is 10.6. The van der Waals surface area contributed by atoms with Crippen LogP contribution in [0, 0.1) is 6.92 Å². The second kappa shape index (κ2) is 5.81. The number of hydrogen-bond donors (Lipinski definition) is 1. The van der Waals surface area contributed by atoms with Gasteiger partial charge in [0.25, 0.3) is 5.91 Å². The number of aryl methyl sites for hydroxylation is 1. The number of benzene rings is 2. The van der Waals surface area contributed by atoms with Gasteiger partial charge in [0.05, 0.1) is 12.2 Å². The lowest BCUT2D eigenvalue weighted by molar-refractivity contribution is 0.0961. The lowest BCUT2D eigenvalue weighted by Gasteiger charge is -2.33. The van der Waals surface area contributed by atoms with Crippen LogP contribution in [-0.2, 0) is 6.54 Å². The number of fused-ring (bicyclic) bond motifs is 1. The molecule has 1 amide bonds. The van der Waals surface area contributed by atoms with Gasteiger partial charge in [-0.15, -0.1) is 0 Å². The van der Waals surface area contributed by atoms with E-state index in [1.165, 1.54) is 0 Å². The number of anilines is 1. The van der Waals surface area contributed by atoms with Crippen LogP contribution in [0.4, 0.5) is 5.69 Å². The van der Waals surface area contributed by atoms with Crippen molar-refractivity contribution >= 4 is 11.6 Å². The molecule has 0 saturated carbocycles. The Hall–Kier alpha value is -2.33. The van der Waals surface area contributed by atoms with E-state index in [0.29, 0.717) is 18.7 Å². The van der Waals surface area contributed by atoms with E-state index >= 15 is 0 Å².